The van der Waals surface area contributed by atoms with Gasteiger partial charge in [0.1, 0.15) is 5.82 Å². The lowest BCUT2D eigenvalue weighted by atomic mass is 10.1. The molecule has 7 heteroatoms. The molecule has 0 saturated carbocycles. The summed E-state index contributed by atoms with van der Waals surface area (Å²) in [6.07, 6.45) is 1.13. The van der Waals surface area contributed by atoms with E-state index in [0.29, 0.717) is 11.3 Å². The van der Waals surface area contributed by atoms with Gasteiger partial charge in [-0.15, -0.1) is 0 Å². The zero-order valence-electron chi connectivity index (χ0n) is 11.8. The van der Waals surface area contributed by atoms with E-state index < -0.39 is 21.7 Å². The third-order valence-electron chi connectivity index (χ3n) is 3.15. The Kier molecular flexibility index (Phi) is 5.05. The van der Waals surface area contributed by atoms with E-state index in [2.05, 4.69) is 5.32 Å². The number of halogens is 2. The Hall–Kier alpha value is -1.63. The summed E-state index contributed by atoms with van der Waals surface area (Å²) in [5.74, 6) is -0.563. The van der Waals surface area contributed by atoms with Gasteiger partial charge in [-0.1, -0.05) is 17.7 Å². The first-order valence-electron chi connectivity index (χ1n) is 6.43. The van der Waals surface area contributed by atoms with Crippen LogP contribution in [0.3, 0.4) is 0 Å². The quantitative estimate of drug-likeness (QED) is 0.875. The Morgan fingerprint density at radius 1 is 1.23 bits per heavy atom. The fraction of sp³-hybridized carbons (Fsp3) is 0.200. The topological polar surface area (TPSA) is 66.4 Å². The molecule has 2 aromatic rings. The Morgan fingerprint density at radius 3 is 2.36 bits per heavy atom. The predicted octanol–water partition coefficient (Wildman–Crippen LogP) is 3.03. The van der Waals surface area contributed by atoms with Gasteiger partial charge >= 0.3 is 0 Å². The highest BCUT2D eigenvalue weighted by molar-refractivity contribution is 7.90. The lowest BCUT2D eigenvalue weighted by molar-refractivity contribution is 0.276. The number of sulfone groups is 1. The molecule has 1 atom stereocenters. The first kappa shape index (κ1) is 16.7. The smallest absolute Gasteiger partial charge is 0.175 e. The van der Waals surface area contributed by atoms with Crippen LogP contribution in [0.25, 0.3) is 0 Å². The van der Waals surface area contributed by atoms with Crippen LogP contribution >= 0.6 is 11.6 Å². The van der Waals surface area contributed by atoms with E-state index in [1.807, 2.05) is 0 Å². The molecule has 0 aliphatic rings. The van der Waals surface area contributed by atoms with Crippen LogP contribution in [0.4, 0.5) is 10.1 Å². The molecule has 118 valence electrons. The summed E-state index contributed by atoms with van der Waals surface area (Å²) in [6.45, 7) is -0.255. The highest BCUT2D eigenvalue weighted by atomic mass is 35.5. The van der Waals surface area contributed by atoms with Gasteiger partial charge < -0.3 is 10.4 Å². The average Bonchev–Trinajstić information content (AvgIpc) is 2.47. The van der Waals surface area contributed by atoms with Crippen molar-refractivity contribution in [3.05, 3.63) is 58.9 Å². The molecule has 0 amide bonds. The average molecular weight is 344 g/mol. The number of aliphatic hydroxyl groups is 1. The van der Waals surface area contributed by atoms with Crippen LogP contribution in [0.5, 0.6) is 0 Å². The lowest BCUT2D eigenvalue weighted by Crippen LogP contribution is -2.15. The number of nitrogens with one attached hydrogen (secondary N) is 1. The molecule has 0 aromatic heterocycles. The van der Waals surface area contributed by atoms with Gasteiger partial charge in [-0.2, -0.15) is 0 Å². The number of rotatable bonds is 5. The molecule has 2 rings (SSSR count). The second kappa shape index (κ2) is 6.64. The SMILES string of the molecule is CS(=O)(=O)c1ccc(NC(CO)c2ccc(Cl)c(F)c2)cc1. The van der Waals surface area contributed by atoms with Crippen LogP contribution in [-0.2, 0) is 9.84 Å². The zero-order valence-corrected chi connectivity index (χ0v) is 13.3. The zero-order chi connectivity index (χ0) is 16.3. The number of benzene rings is 2. The molecule has 2 N–H and O–H groups in total. The predicted molar refractivity (Wildman–Crippen MR) is 84.4 cm³/mol. The van der Waals surface area contributed by atoms with Crippen molar-refractivity contribution < 1.29 is 17.9 Å². The van der Waals surface area contributed by atoms with Gasteiger partial charge in [-0.3, -0.25) is 0 Å². The molecule has 2 aromatic carbocycles. The van der Waals surface area contributed by atoms with Crippen LogP contribution in [0, 0.1) is 5.82 Å². The van der Waals surface area contributed by atoms with Gasteiger partial charge in [0.2, 0.25) is 0 Å². The van der Waals surface area contributed by atoms with E-state index in [-0.39, 0.29) is 16.5 Å². The van der Waals surface area contributed by atoms with Gasteiger partial charge in [0.25, 0.3) is 0 Å². The minimum atomic E-state index is -3.26. The van der Waals surface area contributed by atoms with Crippen molar-refractivity contribution in [2.24, 2.45) is 0 Å². The van der Waals surface area contributed by atoms with E-state index >= 15 is 0 Å². The van der Waals surface area contributed by atoms with Crippen LogP contribution in [0.2, 0.25) is 5.02 Å². The van der Waals surface area contributed by atoms with Gasteiger partial charge in [0.05, 0.1) is 22.6 Å². The lowest BCUT2D eigenvalue weighted by Gasteiger charge is -2.18. The summed E-state index contributed by atoms with van der Waals surface area (Å²) in [4.78, 5) is 0.205. The second-order valence-corrected chi connectivity index (χ2v) is 7.27. The van der Waals surface area contributed by atoms with E-state index in [9.17, 15) is 17.9 Å². The van der Waals surface area contributed by atoms with Gasteiger partial charge in [-0.05, 0) is 42.0 Å². The minimum absolute atomic E-state index is 0.0120. The molecule has 0 aliphatic carbocycles. The molecule has 0 fully saturated rings. The molecule has 0 bridgehead atoms. The summed E-state index contributed by atoms with van der Waals surface area (Å²) in [5.41, 5.74) is 1.15. The summed E-state index contributed by atoms with van der Waals surface area (Å²) < 4.78 is 36.3. The van der Waals surface area contributed by atoms with Crippen molar-refractivity contribution in [3.63, 3.8) is 0 Å². The van der Waals surface area contributed by atoms with Crippen molar-refractivity contribution in [1.82, 2.24) is 0 Å². The molecule has 4 nitrogen and oxygen atoms in total. The molecule has 0 aliphatic heterocycles. The third-order valence-corrected chi connectivity index (χ3v) is 4.59. The molecule has 0 radical (unpaired) electrons. The van der Waals surface area contributed by atoms with Crippen molar-refractivity contribution in [2.75, 3.05) is 18.2 Å². The van der Waals surface area contributed by atoms with Crippen LogP contribution in [0.15, 0.2) is 47.4 Å². The summed E-state index contributed by atoms with van der Waals surface area (Å²) in [5, 5.41) is 12.5. The number of anilines is 1. The van der Waals surface area contributed by atoms with Gasteiger partial charge in [0, 0.05) is 11.9 Å². The Balaban J connectivity index is 2.21. The number of hydrogen-bond acceptors (Lipinski definition) is 4. The summed E-state index contributed by atoms with van der Waals surface area (Å²) in [7, 11) is -3.26. The van der Waals surface area contributed by atoms with Crippen LogP contribution in [-0.4, -0.2) is 26.4 Å². The number of aliphatic hydroxyl groups excluding tert-OH is 1. The highest BCUT2D eigenvalue weighted by Gasteiger charge is 2.13. The summed E-state index contributed by atoms with van der Waals surface area (Å²) in [6, 6.07) is 9.87. The maximum atomic E-state index is 13.5. The Bertz CT molecular complexity index is 763. The normalized spacial score (nSPS) is 12.9. The van der Waals surface area contributed by atoms with Crippen molar-refractivity contribution in [1.29, 1.82) is 0 Å². The van der Waals surface area contributed by atoms with Gasteiger partial charge in [-0.25, -0.2) is 12.8 Å². The standard InChI is InChI=1S/C15H15ClFNO3S/c1-22(20,21)12-5-3-11(4-6-12)18-15(9-19)10-2-7-13(16)14(17)8-10/h2-8,15,18-19H,9H2,1H3. The first-order valence-corrected chi connectivity index (χ1v) is 8.70. The second-order valence-electron chi connectivity index (χ2n) is 4.85. The van der Waals surface area contributed by atoms with Crippen molar-refractivity contribution in [2.45, 2.75) is 10.9 Å². The minimum Gasteiger partial charge on any atom is -0.394 e. The van der Waals surface area contributed by atoms with E-state index in [1.165, 1.54) is 24.3 Å². The third kappa shape index (κ3) is 3.97. The van der Waals surface area contributed by atoms with E-state index in [1.54, 1.807) is 18.2 Å². The largest absolute Gasteiger partial charge is 0.394 e. The molecular weight excluding hydrogens is 329 g/mol. The Labute approximate surface area is 133 Å². The molecule has 0 heterocycles. The monoisotopic (exact) mass is 343 g/mol. The fourth-order valence-corrected chi connectivity index (χ4v) is 2.71. The molecule has 1 unspecified atom stereocenters. The molecular formula is C15H15ClFNO3S. The van der Waals surface area contributed by atoms with Crippen molar-refractivity contribution in [3.8, 4) is 0 Å². The fourth-order valence-electron chi connectivity index (χ4n) is 1.96. The maximum absolute atomic E-state index is 13.5. The molecule has 0 saturated heterocycles. The van der Waals surface area contributed by atoms with E-state index in [0.717, 1.165) is 6.26 Å². The van der Waals surface area contributed by atoms with E-state index in [4.69, 9.17) is 11.6 Å². The highest BCUT2D eigenvalue weighted by Crippen LogP contribution is 2.24. The first-order chi connectivity index (χ1) is 10.3. The van der Waals surface area contributed by atoms with Crippen LogP contribution < -0.4 is 5.32 Å². The summed E-state index contributed by atoms with van der Waals surface area (Å²) >= 11 is 5.63. The Morgan fingerprint density at radius 2 is 1.86 bits per heavy atom. The molecule has 0 spiro atoms. The van der Waals surface area contributed by atoms with Crippen LogP contribution in [0.1, 0.15) is 11.6 Å². The molecule has 22 heavy (non-hydrogen) atoms. The van der Waals surface area contributed by atoms with Gasteiger partial charge in [0.15, 0.2) is 9.84 Å². The maximum Gasteiger partial charge on any atom is 0.175 e. The number of hydrogen-bond donors (Lipinski definition) is 2. The van der Waals surface area contributed by atoms with Crippen molar-refractivity contribution >= 4 is 27.1 Å².